The number of carbonyl (C=O) groups excluding carboxylic acids is 3. The third-order valence-corrected chi connectivity index (χ3v) is 2.50. The molecule has 1 unspecified atom stereocenters. The largest absolute Gasteiger partial charge is 0.461 e. The van der Waals surface area contributed by atoms with Crippen molar-refractivity contribution in [2.24, 2.45) is 0 Å². The fraction of sp³-hybridized carbons (Fsp3) is 0.692. The lowest BCUT2D eigenvalue weighted by molar-refractivity contribution is -0.152. The maximum atomic E-state index is 12.1. The van der Waals surface area contributed by atoms with E-state index in [4.69, 9.17) is 19.1 Å². The normalized spacial score (nSPS) is 17.0. The zero-order valence-electron chi connectivity index (χ0n) is 15.2. The average molecular weight is 303 g/mol. The zero-order chi connectivity index (χ0) is 18.9. The molecule has 0 heterocycles. The predicted octanol–water partition coefficient (Wildman–Crippen LogP) is 0.117. The molecular formula is C13H22N3O5+. The minimum Gasteiger partial charge on any atom is -0.461 e. The molecule has 0 rings (SSSR count). The van der Waals surface area contributed by atoms with Gasteiger partial charge in [-0.2, -0.15) is 0 Å². The van der Waals surface area contributed by atoms with E-state index in [9.17, 15) is 14.4 Å². The van der Waals surface area contributed by atoms with Crippen LogP contribution in [0.4, 0.5) is 0 Å². The molecule has 0 aromatic heterocycles. The first-order chi connectivity index (χ1) is 11.0. The Kier molecular flexibility index (Phi) is 6.49. The highest BCUT2D eigenvalue weighted by molar-refractivity contribution is 6.25. The minimum absolute atomic E-state index is 0.125. The van der Waals surface area contributed by atoms with Crippen molar-refractivity contribution >= 4 is 23.9 Å². The third-order valence-electron chi connectivity index (χ3n) is 2.50. The van der Waals surface area contributed by atoms with Crippen molar-refractivity contribution in [2.45, 2.75) is 51.8 Å². The molecule has 21 heavy (non-hydrogen) atoms. The second-order valence-corrected chi connectivity index (χ2v) is 4.28. The zero-order valence-corrected chi connectivity index (χ0v) is 12.2. The molecule has 118 valence electrons. The molecule has 2 N–H and O–H groups in total. The summed E-state index contributed by atoms with van der Waals surface area (Å²) in [6, 6.07) is -1.22. The van der Waals surface area contributed by atoms with Crippen molar-refractivity contribution in [1.82, 2.24) is 5.32 Å². The highest BCUT2D eigenvalue weighted by Crippen LogP contribution is 2.04. The van der Waals surface area contributed by atoms with Gasteiger partial charge in [0, 0.05) is 17.6 Å². The molecule has 0 saturated carbocycles. The van der Waals surface area contributed by atoms with Crippen LogP contribution in [-0.4, -0.2) is 54.0 Å². The van der Waals surface area contributed by atoms with Crippen molar-refractivity contribution in [3.8, 4) is 0 Å². The van der Waals surface area contributed by atoms with Crippen molar-refractivity contribution in [3.05, 3.63) is 0 Å². The molecule has 0 spiro atoms. The van der Waals surface area contributed by atoms with Crippen molar-refractivity contribution in [2.75, 3.05) is 7.11 Å². The molecule has 8 nitrogen and oxygen atoms in total. The summed E-state index contributed by atoms with van der Waals surface area (Å²) >= 11 is 0. The van der Waals surface area contributed by atoms with E-state index in [2.05, 4.69) is 10.1 Å². The summed E-state index contributed by atoms with van der Waals surface area (Å²) in [6.07, 6.45) is -1.74. The summed E-state index contributed by atoms with van der Waals surface area (Å²) in [5.74, 6) is -2.09. The molecule has 0 aliphatic carbocycles. The van der Waals surface area contributed by atoms with Gasteiger partial charge in [0.1, 0.15) is 12.1 Å². The Balaban J connectivity index is 5.01. The molecule has 0 saturated heterocycles. The Hall–Kier alpha value is -2.05. The highest BCUT2D eigenvalue weighted by atomic mass is 16.5. The molecule has 3 atom stereocenters. The Labute approximate surface area is 127 Å². The summed E-state index contributed by atoms with van der Waals surface area (Å²) in [4.78, 5) is 38.2. The van der Waals surface area contributed by atoms with Gasteiger partial charge in [-0.25, -0.2) is 4.79 Å². The summed E-state index contributed by atoms with van der Waals surface area (Å²) in [5.41, 5.74) is 6.57. The SMILES string of the molecule is [2H]C([2H])([2H])C(C)OC(=O)[C@H](CCC(=O)C=[N+]=N)NC(=O)[C@H](C)OC. The summed E-state index contributed by atoms with van der Waals surface area (Å²) in [6.45, 7) is 0.165. The number of nitrogens with one attached hydrogen (secondary N) is 2. The Morgan fingerprint density at radius 3 is 2.62 bits per heavy atom. The van der Waals surface area contributed by atoms with Crippen LogP contribution in [0.3, 0.4) is 0 Å². The first-order valence-corrected chi connectivity index (χ1v) is 6.29. The molecule has 0 aliphatic rings. The summed E-state index contributed by atoms with van der Waals surface area (Å²) < 4.78 is 31.2. The van der Waals surface area contributed by atoms with E-state index in [0.717, 1.165) is 6.21 Å². The quantitative estimate of drug-likeness (QED) is 0.271. The van der Waals surface area contributed by atoms with Crippen LogP contribution in [0.1, 0.15) is 37.7 Å². The van der Waals surface area contributed by atoms with Crippen LogP contribution in [0.2, 0.25) is 0 Å². The van der Waals surface area contributed by atoms with Gasteiger partial charge in [-0.3, -0.25) is 9.59 Å². The molecule has 0 radical (unpaired) electrons. The monoisotopic (exact) mass is 303 g/mol. The van der Waals surface area contributed by atoms with Crippen molar-refractivity contribution in [3.63, 3.8) is 0 Å². The van der Waals surface area contributed by atoms with Gasteiger partial charge in [-0.05, 0) is 27.1 Å². The van der Waals surface area contributed by atoms with Crippen LogP contribution in [0.15, 0.2) is 0 Å². The molecule has 0 aromatic rings. The third kappa shape index (κ3) is 7.96. The van der Waals surface area contributed by atoms with Gasteiger partial charge < -0.3 is 14.8 Å². The molecular weight excluding hydrogens is 278 g/mol. The van der Waals surface area contributed by atoms with Gasteiger partial charge in [0.15, 0.2) is 0 Å². The van der Waals surface area contributed by atoms with Gasteiger partial charge in [0.05, 0.1) is 16.4 Å². The molecule has 0 bridgehead atoms. The van der Waals surface area contributed by atoms with Crippen LogP contribution in [-0.2, 0) is 23.9 Å². The van der Waals surface area contributed by atoms with Crippen LogP contribution < -0.4 is 5.32 Å². The van der Waals surface area contributed by atoms with Gasteiger partial charge in [0.2, 0.25) is 11.7 Å². The lowest BCUT2D eigenvalue weighted by Crippen LogP contribution is -2.46. The van der Waals surface area contributed by atoms with Crippen molar-refractivity contribution in [1.29, 1.82) is 5.53 Å². The maximum absolute atomic E-state index is 12.1. The number of rotatable bonds is 9. The Morgan fingerprint density at radius 2 is 2.10 bits per heavy atom. The maximum Gasteiger partial charge on any atom is 0.372 e. The molecule has 1 amide bonds. The van der Waals surface area contributed by atoms with Gasteiger partial charge in [0.25, 0.3) is 0 Å². The van der Waals surface area contributed by atoms with Crippen LogP contribution >= 0.6 is 0 Å². The minimum atomic E-state index is -2.50. The van der Waals surface area contributed by atoms with Crippen molar-refractivity contribution < 1.29 is 32.8 Å². The number of methoxy groups -OCH3 is 1. The van der Waals surface area contributed by atoms with E-state index >= 15 is 0 Å². The fourth-order valence-corrected chi connectivity index (χ4v) is 1.32. The predicted molar refractivity (Wildman–Crippen MR) is 72.9 cm³/mol. The Morgan fingerprint density at radius 1 is 1.43 bits per heavy atom. The Bertz CT molecular complexity index is 517. The van der Waals surface area contributed by atoms with E-state index in [1.165, 1.54) is 21.0 Å². The second-order valence-electron chi connectivity index (χ2n) is 4.28. The first-order valence-electron chi connectivity index (χ1n) is 7.79. The van der Waals surface area contributed by atoms with E-state index in [1.54, 1.807) is 0 Å². The van der Waals surface area contributed by atoms with Gasteiger partial charge in [-0.1, -0.05) is 0 Å². The number of nitrogens with zero attached hydrogens (tertiary/aromatic N) is 1. The lowest BCUT2D eigenvalue weighted by atomic mass is 10.1. The standard InChI is InChI=1S/C13H21N3O5/c1-8(2)21-13(19)11(6-5-10(17)7-15-14)16-12(18)9(3)20-4/h7-9,11,14H,5-6H2,1-4H3/p+1/t9-,11-/m0/s1/i1D3/t8?,9-,11-. The van der Waals surface area contributed by atoms with E-state index in [0.29, 0.717) is 0 Å². The van der Waals surface area contributed by atoms with E-state index in [1.807, 2.05) is 0 Å². The number of hydrogen-bond donors (Lipinski definition) is 2. The number of amides is 1. The first kappa shape index (κ1) is 13.9. The molecule has 0 aromatic carbocycles. The number of ether oxygens (including phenoxy) is 2. The molecule has 0 aliphatic heterocycles. The van der Waals surface area contributed by atoms with Gasteiger partial charge in [-0.15, -0.1) is 0 Å². The molecule has 8 heteroatoms. The second kappa shape index (κ2) is 9.79. The summed E-state index contributed by atoms with van der Waals surface area (Å²) in [7, 11) is 1.31. The number of ketones is 1. The van der Waals surface area contributed by atoms with Crippen LogP contribution in [0.25, 0.3) is 0 Å². The van der Waals surface area contributed by atoms with Crippen LogP contribution in [0, 0.1) is 5.53 Å². The number of carbonyl (C=O) groups is 3. The highest BCUT2D eigenvalue weighted by Gasteiger charge is 2.26. The topological polar surface area (TPSA) is 120 Å². The number of Topliss-reactive ketones (excluding diaryl/α,β-unsaturated/α-hetero) is 1. The fourth-order valence-electron chi connectivity index (χ4n) is 1.32. The van der Waals surface area contributed by atoms with Gasteiger partial charge >= 0.3 is 12.2 Å². The van der Waals surface area contributed by atoms with Crippen LogP contribution in [0.5, 0.6) is 0 Å². The average Bonchev–Trinajstić information content (AvgIpc) is 2.49. The van der Waals surface area contributed by atoms with E-state index in [-0.39, 0.29) is 12.8 Å². The number of hydrogen-bond acceptors (Lipinski definition) is 6. The molecule has 0 fully saturated rings. The van der Waals surface area contributed by atoms with E-state index < -0.39 is 42.8 Å². The number of esters is 1. The summed E-state index contributed by atoms with van der Waals surface area (Å²) in [5, 5.41) is 2.36. The lowest BCUT2D eigenvalue weighted by Gasteiger charge is -2.20. The smallest absolute Gasteiger partial charge is 0.372 e.